The zero-order chi connectivity index (χ0) is 17.5. The molecule has 3 rings (SSSR count). The predicted octanol–water partition coefficient (Wildman–Crippen LogP) is 2.25. The summed E-state index contributed by atoms with van der Waals surface area (Å²) in [4.78, 5) is 26.0. The average molecular weight is 332 g/mol. The molecule has 1 aromatic carbocycles. The van der Waals surface area contributed by atoms with Crippen LogP contribution in [0, 0.1) is 0 Å². The molecular formula is C18H24N2O4. The lowest BCUT2D eigenvalue weighted by Crippen LogP contribution is -2.42. The Hall–Kier alpha value is -2.08. The van der Waals surface area contributed by atoms with E-state index in [1.165, 1.54) is 0 Å². The lowest BCUT2D eigenvalue weighted by molar-refractivity contribution is -0.128. The monoisotopic (exact) mass is 332 g/mol. The molecule has 0 aromatic heterocycles. The van der Waals surface area contributed by atoms with Gasteiger partial charge in [-0.3, -0.25) is 9.69 Å². The number of piperidine rings is 1. The number of carbonyl (C=O) groups excluding carboxylic acids is 2. The first-order valence-corrected chi connectivity index (χ1v) is 8.31. The van der Waals surface area contributed by atoms with Crippen molar-refractivity contribution in [1.29, 1.82) is 0 Å². The second-order valence-corrected chi connectivity index (χ2v) is 7.52. The van der Waals surface area contributed by atoms with Gasteiger partial charge in [-0.05, 0) is 50.3 Å². The quantitative estimate of drug-likeness (QED) is 0.827. The zero-order valence-corrected chi connectivity index (χ0v) is 14.3. The van der Waals surface area contributed by atoms with Crippen LogP contribution in [0.15, 0.2) is 18.2 Å². The lowest BCUT2D eigenvalue weighted by atomic mass is 9.88. The van der Waals surface area contributed by atoms with Gasteiger partial charge in [0, 0.05) is 13.1 Å². The minimum atomic E-state index is -0.745. The van der Waals surface area contributed by atoms with Crippen molar-refractivity contribution in [2.24, 2.45) is 0 Å². The zero-order valence-electron chi connectivity index (χ0n) is 14.3. The molecule has 6 heteroatoms. The minimum absolute atomic E-state index is 0.143. The highest BCUT2D eigenvalue weighted by atomic mass is 16.6. The van der Waals surface area contributed by atoms with Gasteiger partial charge in [0.2, 0.25) is 5.91 Å². The SMILES string of the molecule is CC(C)(C)OC(=O)N1Cc2ccc(C3CCC(O)NC3=O)cc2C1. The van der Waals surface area contributed by atoms with Gasteiger partial charge in [0.25, 0.3) is 0 Å². The predicted molar refractivity (Wildman–Crippen MR) is 88.0 cm³/mol. The van der Waals surface area contributed by atoms with Gasteiger partial charge in [-0.15, -0.1) is 0 Å². The van der Waals surface area contributed by atoms with Crippen LogP contribution in [0.25, 0.3) is 0 Å². The van der Waals surface area contributed by atoms with Crippen molar-refractivity contribution < 1.29 is 19.4 Å². The van der Waals surface area contributed by atoms with E-state index in [1.54, 1.807) is 4.90 Å². The maximum atomic E-state index is 12.2. The van der Waals surface area contributed by atoms with Gasteiger partial charge in [0.1, 0.15) is 11.8 Å². The normalized spacial score (nSPS) is 23.7. The van der Waals surface area contributed by atoms with E-state index in [2.05, 4.69) is 5.32 Å². The summed E-state index contributed by atoms with van der Waals surface area (Å²) in [5.41, 5.74) is 2.56. The van der Waals surface area contributed by atoms with Crippen molar-refractivity contribution in [2.75, 3.05) is 0 Å². The number of hydrogen-bond acceptors (Lipinski definition) is 4. The van der Waals surface area contributed by atoms with E-state index < -0.39 is 11.8 Å². The number of hydrogen-bond donors (Lipinski definition) is 2. The Morgan fingerprint density at radius 3 is 2.62 bits per heavy atom. The Morgan fingerprint density at radius 2 is 1.96 bits per heavy atom. The molecule has 0 aliphatic carbocycles. The third-order valence-corrected chi connectivity index (χ3v) is 4.36. The Morgan fingerprint density at radius 1 is 1.25 bits per heavy atom. The largest absolute Gasteiger partial charge is 0.444 e. The fourth-order valence-corrected chi connectivity index (χ4v) is 3.20. The molecule has 1 aromatic rings. The molecule has 0 bridgehead atoms. The second-order valence-electron chi connectivity index (χ2n) is 7.52. The highest BCUT2D eigenvalue weighted by Crippen LogP contribution is 2.31. The summed E-state index contributed by atoms with van der Waals surface area (Å²) in [5, 5.41) is 12.1. The van der Waals surface area contributed by atoms with Crippen LogP contribution in [0.5, 0.6) is 0 Å². The van der Waals surface area contributed by atoms with Crippen LogP contribution in [-0.2, 0) is 22.6 Å². The Labute approximate surface area is 141 Å². The number of amides is 2. The standard InChI is InChI=1S/C18H24N2O4/c1-18(2,3)24-17(23)20-9-12-5-4-11(8-13(12)10-20)14-6-7-15(21)19-16(14)22/h4-5,8,14-15,21H,6-7,9-10H2,1-3H3,(H,19,22). The number of nitrogens with one attached hydrogen (secondary N) is 1. The van der Waals surface area contributed by atoms with Crippen LogP contribution < -0.4 is 5.32 Å². The molecular weight excluding hydrogens is 308 g/mol. The molecule has 0 radical (unpaired) electrons. The summed E-state index contributed by atoms with van der Waals surface area (Å²) < 4.78 is 5.42. The average Bonchev–Trinajstić information content (AvgIpc) is 2.88. The molecule has 2 aliphatic rings. The molecule has 1 saturated heterocycles. The van der Waals surface area contributed by atoms with Crippen LogP contribution in [0.4, 0.5) is 4.79 Å². The van der Waals surface area contributed by atoms with E-state index in [9.17, 15) is 14.7 Å². The summed E-state index contributed by atoms with van der Waals surface area (Å²) >= 11 is 0. The van der Waals surface area contributed by atoms with Crippen LogP contribution in [0.2, 0.25) is 0 Å². The second kappa shape index (κ2) is 6.09. The third-order valence-electron chi connectivity index (χ3n) is 4.36. The van der Waals surface area contributed by atoms with Gasteiger partial charge in [0.15, 0.2) is 0 Å². The smallest absolute Gasteiger partial charge is 0.410 e. The molecule has 2 N–H and O–H groups in total. The fourth-order valence-electron chi connectivity index (χ4n) is 3.20. The van der Waals surface area contributed by atoms with Crippen LogP contribution >= 0.6 is 0 Å². The van der Waals surface area contributed by atoms with Crippen molar-refractivity contribution in [2.45, 2.75) is 64.4 Å². The van der Waals surface area contributed by atoms with E-state index in [0.29, 0.717) is 25.9 Å². The minimum Gasteiger partial charge on any atom is -0.444 e. The molecule has 2 heterocycles. The van der Waals surface area contributed by atoms with Crippen molar-refractivity contribution in [3.05, 3.63) is 34.9 Å². The highest BCUT2D eigenvalue weighted by molar-refractivity contribution is 5.84. The van der Waals surface area contributed by atoms with Crippen molar-refractivity contribution in [3.63, 3.8) is 0 Å². The number of aliphatic hydroxyl groups is 1. The number of fused-ring (bicyclic) bond motifs is 1. The molecule has 24 heavy (non-hydrogen) atoms. The summed E-state index contributed by atoms with van der Waals surface area (Å²) in [5.74, 6) is -0.384. The number of rotatable bonds is 1. The van der Waals surface area contributed by atoms with Crippen LogP contribution in [-0.4, -0.2) is 33.8 Å². The topological polar surface area (TPSA) is 78.9 Å². The maximum Gasteiger partial charge on any atom is 0.410 e. The molecule has 6 nitrogen and oxygen atoms in total. The van der Waals surface area contributed by atoms with E-state index >= 15 is 0 Å². The number of nitrogens with zero attached hydrogens (tertiary/aromatic N) is 1. The van der Waals surface area contributed by atoms with Gasteiger partial charge in [-0.1, -0.05) is 18.2 Å². The molecule has 2 atom stereocenters. The molecule has 2 unspecified atom stereocenters. The summed E-state index contributed by atoms with van der Waals surface area (Å²) in [6.45, 7) is 6.57. The van der Waals surface area contributed by atoms with Gasteiger partial charge in [-0.25, -0.2) is 4.79 Å². The molecule has 130 valence electrons. The molecule has 1 fully saturated rings. The number of carbonyl (C=O) groups is 2. The van der Waals surface area contributed by atoms with Crippen molar-refractivity contribution in [3.8, 4) is 0 Å². The van der Waals surface area contributed by atoms with E-state index in [1.807, 2.05) is 39.0 Å². The van der Waals surface area contributed by atoms with Gasteiger partial charge < -0.3 is 15.2 Å². The Bertz CT molecular complexity index is 665. The van der Waals surface area contributed by atoms with Crippen LogP contribution in [0.3, 0.4) is 0 Å². The summed E-state index contributed by atoms with van der Waals surface area (Å²) in [6, 6.07) is 5.92. The summed E-state index contributed by atoms with van der Waals surface area (Å²) in [7, 11) is 0. The van der Waals surface area contributed by atoms with Crippen molar-refractivity contribution >= 4 is 12.0 Å². The molecule has 0 spiro atoms. The lowest BCUT2D eigenvalue weighted by Gasteiger charge is -2.26. The molecule has 0 saturated carbocycles. The number of aliphatic hydroxyl groups excluding tert-OH is 1. The van der Waals surface area contributed by atoms with E-state index in [0.717, 1.165) is 16.7 Å². The molecule has 2 aliphatic heterocycles. The van der Waals surface area contributed by atoms with Crippen molar-refractivity contribution in [1.82, 2.24) is 10.2 Å². The third kappa shape index (κ3) is 3.53. The highest BCUT2D eigenvalue weighted by Gasteiger charge is 2.31. The first-order chi connectivity index (χ1) is 11.2. The van der Waals surface area contributed by atoms with Crippen LogP contribution in [0.1, 0.15) is 56.2 Å². The first kappa shape index (κ1) is 16.8. The number of ether oxygens (including phenoxy) is 1. The first-order valence-electron chi connectivity index (χ1n) is 8.31. The number of benzene rings is 1. The van der Waals surface area contributed by atoms with Gasteiger partial charge in [0.05, 0.1) is 5.92 Å². The Kier molecular flexibility index (Phi) is 4.25. The van der Waals surface area contributed by atoms with E-state index in [-0.39, 0.29) is 17.9 Å². The summed E-state index contributed by atoms with van der Waals surface area (Å²) in [6.07, 6.45) is 0.114. The van der Waals surface area contributed by atoms with Gasteiger partial charge >= 0.3 is 6.09 Å². The maximum absolute atomic E-state index is 12.2. The van der Waals surface area contributed by atoms with Gasteiger partial charge in [-0.2, -0.15) is 0 Å². The molecule has 2 amide bonds. The Balaban J connectivity index is 1.72. The van der Waals surface area contributed by atoms with E-state index in [4.69, 9.17) is 4.74 Å². The fraction of sp³-hybridized carbons (Fsp3) is 0.556.